The minimum Gasteiger partial charge on any atom is -0.428 e. The zero-order chi connectivity index (χ0) is 8.32. The molecule has 1 heterocycles. The third kappa shape index (κ3) is 2.55. The second-order valence-electron chi connectivity index (χ2n) is 1.86. The quantitative estimate of drug-likeness (QED) is 0.468. The lowest BCUT2D eigenvalue weighted by Gasteiger charge is -2.20. The summed E-state index contributed by atoms with van der Waals surface area (Å²) in [6.07, 6.45) is 2.95. The van der Waals surface area contributed by atoms with Crippen molar-refractivity contribution < 1.29 is 9.53 Å². The molecular formula is C6H6ClNO2S. The second-order valence-corrected chi connectivity index (χ2v) is 3.76. The van der Waals surface area contributed by atoms with Crippen molar-refractivity contribution in [2.75, 3.05) is 0 Å². The van der Waals surface area contributed by atoms with Crippen molar-refractivity contribution >= 4 is 35.5 Å². The van der Waals surface area contributed by atoms with Gasteiger partial charge in [0.1, 0.15) is 0 Å². The Bertz CT molecular complexity index is 229. The molecule has 0 bridgehead atoms. The van der Waals surface area contributed by atoms with Crippen LogP contribution in [0.1, 0.15) is 6.92 Å². The molecule has 1 aliphatic rings. The van der Waals surface area contributed by atoms with Crippen LogP contribution in [0, 0.1) is 0 Å². The highest BCUT2D eigenvalue weighted by Gasteiger charge is 2.29. The molecule has 3 nitrogen and oxygen atoms in total. The maximum atomic E-state index is 10.5. The Labute approximate surface area is 73.5 Å². The molecule has 0 aromatic heterocycles. The maximum Gasteiger partial charge on any atom is 0.305 e. The lowest BCUT2D eigenvalue weighted by Crippen LogP contribution is -2.25. The predicted molar refractivity (Wildman–Crippen MR) is 45.6 cm³/mol. The van der Waals surface area contributed by atoms with Gasteiger partial charge in [0.15, 0.2) is 0 Å². The number of thioether (sulfide) groups is 1. The van der Waals surface area contributed by atoms with E-state index in [2.05, 4.69) is 4.99 Å². The first kappa shape index (κ1) is 8.62. The Morgan fingerprint density at radius 3 is 3.00 bits per heavy atom. The van der Waals surface area contributed by atoms with Gasteiger partial charge in [-0.15, -0.1) is 0 Å². The van der Waals surface area contributed by atoms with E-state index >= 15 is 0 Å². The topological polar surface area (TPSA) is 38.7 Å². The van der Waals surface area contributed by atoms with Crippen LogP contribution in [0.15, 0.2) is 16.6 Å². The predicted octanol–water partition coefficient (Wildman–Crippen LogP) is 1.73. The number of carbonyl (C=O) groups is 1. The standard InChI is InChI=1S/C6H6ClNO2S/c1-5(9)10-6(7)4-8-2-3-11-6/h2-4H,1H3. The van der Waals surface area contributed by atoms with Crippen LogP contribution < -0.4 is 0 Å². The lowest BCUT2D eigenvalue weighted by atomic mass is 10.7. The van der Waals surface area contributed by atoms with E-state index < -0.39 is 10.4 Å². The van der Waals surface area contributed by atoms with Crippen LogP contribution in [0.5, 0.6) is 0 Å². The van der Waals surface area contributed by atoms with Gasteiger partial charge in [-0.2, -0.15) is 0 Å². The summed E-state index contributed by atoms with van der Waals surface area (Å²) in [7, 11) is 0. The summed E-state index contributed by atoms with van der Waals surface area (Å²) in [5.41, 5.74) is 0. The monoisotopic (exact) mass is 191 g/mol. The van der Waals surface area contributed by atoms with Gasteiger partial charge in [0.2, 0.25) is 0 Å². The largest absolute Gasteiger partial charge is 0.428 e. The number of carbonyl (C=O) groups excluding carboxylic acids is 1. The van der Waals surface area contributed by atoms with Crippen molar-refractivity contribution in [2.24, 2.45) is 4.99 Å². The molecule has 0 aromatic rings. The first-order valence-corrected chi connectivity index (χ1v) is 4.14. The number of hydrogen-bond acceptors (Lipinski definition) is 4. The Morgan fingerprint density at radius 1 is 1.82 bits per heavy atom. The van der Waals surface area contributed by atoms with Gasteiger partial charge in [-0.05, 0) is 5.41 Å². The molecule has 0 fully saturated rings. The zero-order valence-electron chi connectivity index (χ0n) is 5.78. The number of hydrogen-bond donors (Lipinski definition) is 0. The first-order valence-electron chi connectivity index (χ1n) is 2.88. The fourth-order valence-electron chi connectivity index (χ4n) is 0.567. The molecule has 0 saturated heterocycles. The smallest absolute Gasteiger partial charge is 0.305 e. The summed E-state index contributed by atoms with van der Waals surface area (Å²) >= 11 is 6.98. The Morgan fingerprint density at radius 2 is 2.55 bits per heavy atom. The number of nitrogens with zero attached hydrogens (tertiary/aromatic N) is 1. The maximum absolute atomic E-state index is 10.5. The van der Waals surface area contributed by atoms with E-state index in [9.17, 15) is 4.79 Å². The Hall–Kier alpha value is -0.480. The number of rotatable bonds is 1. The molecule has 0 aromatic carbocycles. The van der Waals surface area contributed by atoms with Crippen molar-refractivity contribution in [3.05, 3.63) is 11.6 Å². The van der Waals surface area contributed by atoms with Gasteiger partial charge in [0, 0.05) is 13.1 Å². The van der Waals surface area contributed by atoms with Crippen LogP contribution in [0.25, 0.3) is 0 Å². The molecule has 60 valence electrons. The van der Waals surface area contributed by atoms with Gasteiger partial charge in [-0.1, -0.05) is 23.4 Å². The van der Waals surface area contributed by atoms with Crippen LogP contribution in [-0.2, 0) is 9.53 Å². The summed E-state index contributed by atoms with van der Waals surface area (Å²) in [6, 6.07) is 0. The second kappa shape index (κ2) is 3.28. The average molecular weight is 192 g/mol. The lowest BCUT2D eigenvalue weighted by molar-refractivity contribution is -0.141. The first-order chi connectivity index (χ1) is 5.12. The molecule has 0 radical (unpaired) electrons. The normalized spacial score (nSPS) is 28.5. The van der Waals surface area contributed by atoms with Gasteiger partial charge in [-0.3, -0.25) is 9.79 Å². The van der Waals surface area contributed by atoms with Crippen LogP contribution >= 0.6 is 23.4 Å². The molecule has 1 atom stereocenters. The van der Waals surface area contributed by atoms with Crippen molar-refractivity contribution in [1.82, 2.24) is 0 Å². The van der Waals surface area contributed by atoms with Crippen LogP contribution in [0.3, 0.4) is 0 Å². The van der Waals surface area contributed by atoms with E-state index in [4.69, 9.17) is 16.3 Å². The van der Waals surface area contributed by atoms with Gasteiger partial charge in [-0.25, -0.2) is 0 Å². The Kier molecular flexibility index (Phi) is 2.57. The van der Waals surface area contributed by atoms with Crippen LogP contribution in [0.2, 0.25) is 0 Å². The fourth-order valence-corrected chi connectivity index (χ4v) is 1.49. The summed E-state index contributed by atoms with van der Waals surface area (Å²) in [6.45, 7) is 1.30. The van der Waals surface area contributed by atoms with E-state index in [1.54, 1.807) is 11.6 Å². The van der Waals surface area contributed by atoms with E-state index in [-0.39, 0.29) is 0 Å². The third-order valence-electron chi connectivity index (χ3n) is 0.887. The fraction of sp³-hybridized carbons (Fsp3) is 0.333. The molecule has 1 aliphatic heterocycles. The third-order valence-corrected chi connectivity index (χ3v) is 2.10. The van der Waals surface area contributed by atoms with Gasteiger partial charge < -0.3 is 4.74 Å². The van der Waals surface area contributed by atoms with Crippen LogP contribution in [-0.4, -0.2) is 16.6 Å². The molecule has 0 aliphatic carbocycles. The number of alkyl halides is 1. The van der Waals surface area contributed by atoms with E-state index in [0.717, 1.165) is 0 Å². The van der Waals surface area contributed by atoms with Gasteiger partial charge in [0.25, 0.3) is 4.39 Å². The Balaban J connectivity index is 2.61. The SMILES string of the molecule is CC(=O)OC1(Cl)C=NC=CS1. The summed E-state index contributed by atoms with van der Waals surface area (Å²) in [5, 5.41) is 1.66. The van der Waals surface area contributed by atoms with E-state index in [1.807, 2.05) is 0 Å². The number of aliphatic imine (C=N–C) groups is 1. The van der Waals surface area contributed by atoms with Crippen molar-refractivity contribution in [1.29, 1.82) is 0 Å². The van der Waals surface area contributed by atoms with E-state index in [0.29, 0.717) is 0 Å². The highest BCUT2D eigenvalue weighted by Crippen LogP contribution is 2.32. The molecular weight excluding hydrogens is 186 g/mol. The molecule has 11 heavy (non-hydrogen) atoms. The minimum atomic E-state index is -1.14. The van der Waals surface area contributed by atoms with Crippen LogP contribution in [0.4, 0.5) is 0 Å². The molecule has 1 unspecified atom stereocenters. The molecule has 5 heteroatoms. The highest BCUT2D eigenvalue weighted by atomic mass is 35.5. The van der Waals surface area contributed by atoms with Gasteiger partial charge in [0.05, 0.1) is 6.21 Å². The highest BCUT2D eigenvalue weighted by molar-refractivity contribution is 8.05. The molecule has 1 rings (SSSR count). The van der Waals surface area contributed by atoms with Crippen molar-refractivity contribution in [2.45, 2.75) is 11.3 Å². The molecule has 0 spiro atoms. The molecule has 0 amide bonds. The number of halogens is 1. The number of esters is 1. The summed E-state index contributed by atoms with van der Waals surface area (Å²) in [4.78, 5) is 14.3. The molecule has 0 saturated carbocycles. The number of ether oxygens (including phenoxy) is 1. The summed E-state index contributed by atoms with van der Waals surface area (Å²) in [5.74, 6) is -0.422. The van der Waals surface area contributed by atoms with Crippen molar-refractivity contribution in [3.8, 4) is 0 Å². The molecule has 0 N–H and O–H groups in total. The van der Waals surface area contributed by atoms with E-state index in [1.165, 1.54) is 24.9 Å². The average Bonchev–Trinajstić information content (AvgIpc) is 1.85. The van der Waals surface area contributed by atoms with Gasteiger partial charge >= 0.3 is 5.97 Å². The minimum absolute atomic E-state index is 0.422. The van der Waals surface area contributed by atoms with Crippen molar-refractivity contribution in [3.63, 3.8) is 0 Å². The summed E-state index contributed by atoms with van der Waals surface area (Å²) < 4.78 is 3.63. The zero-order valence-corrected chi connectivity index (χ0v) is 7.35.